The van der Waals surface area contributed by atoms with Gasteiger partial charge in [0.05, 0.1) is 19.6 Å². The summed E-state index contributed by atoms with van der Waals surface area (Å²) in [6, 6.07) is 4.69. The fraction of sp³-hybridized carbons (Fsp3) is 0.154. The number of benzene rings is 1. The van der Waals surface area contributed by atoms with Crippen molar-refractivity contribution in [3.63, 3.8) is 0 Å². The van der Waals surface area contributed by atoms with E-state index < -0.39 is 17.3 Å². The molecule has 1 amide bonds. The predicted octanol–water partition coefficient (Wildman–Crippen LogP) is 0.913. The lowest BCUT2D eigenvalue weighted by atomic mass is 10.2. The number of hydrogen-bond acceptors (Lipinski definition) is 6. The standard InChI is InChI=1S/C13H11NO6/c1-18-7-3-4-10-8(5-7)11(15)9(6-20-10)14-12(16)13(17)19-2/h3-6H,1-2H3,(H,14,16). The van der Waals surface area contributed by atoms with E-state index in [9.17, 15) is 14.4 Å². The van der Waals surface area contributed by atoms with Gasteiger partial charge in [0.25, 0.3) is 0 Å². The van der Waals surface area contributed by atoms with E-state index in [1.165, 1.54) is 13.2 Å². The van der Waals surface area contributed by atoms with Gasteiger partial charge in [-0.3, -0.25) is 9.59 Å². The van der Waals surface area contributed by atoms with Crippen molar-refractivity contribution in [2.75, 3.05) is 19.5 Å². The van der Waals surface area contributed by atoms with Crippen LogP contribution in [0.2, 0.25) is 0 Å². The summed E-state index contributed by atoms with van der Waals surface area (Å²) in [5.41, 5.74) is -0.296. The van der Waals surface area contributed by atoms with Gasteiger partial charge in [-0.2, -0.15) is 0 Å². The quantitative estimate of drug-likeness (QED) is 0.647. The van der Waals surface area contributed by atoms with Crippen molar-refractivity contribution in [3.05, 3.63) is 34.7 Å². The van der Waals surface area contributed by atoms with Crippen molar-refractivity contribution >= 4 is 28.5 Å². The third-order valence-corrected chi connectivity index (χ3v) is 2.60. The van der Waals surface area contributed by atoms with E-state index in [1.807, 2.05) is 0 Å². The van der Waals surface area contributed by atoms with Crippen LogP contribution in [0, 0.1) is 0 Å². The SMILES string of the molecule is COC(=O)C(=O)Nc1coc2ccc(OC)cc2c1=O. The van der Waals surface area contributed by atoms with Crippen LogP contribution in [0.15, 0.2) is 33.7 Å². The summed E-state index contributed by atoms with van der Waals surface area (Å²) in [4.78, 5) is 34.5. The van der Waals surface area contributed by atoms with Crippen LogP contribution < -0.4 is 15.5 Å². The Morgan fingerprint density at radius 3 is 2.65 bits per heavy atom. The van der Waals surface area contributed by atoms with Crippen LogP contribution in [0.4, 0.5) is 5.69 Å². The average Bonchev–Trinajstić information content (AvgIpc) is 2.48. The van der Waals surface area contributed by atoms with Crippen molar-refractivity contribution in [3.8, 4) is 5.75 Å². The van der Waals surface area contributed by atoms with E-state index in [-0.39, 0.29) is 11.1 Å². The van der Waals surface area contributed by atoms with Crippen LogP contribution in [-0.4, -0.2) is 26.1 Å². The molecule has 0 atom stereocenters. The summed E-state index contributed by atoms with van der Waals surface area (Å²) in [5.74, 6) is -1.68. The zero-order valence-corrected chi connectivity index (χ0v) is 10.8. The summed E-state index contributed by atoms with van der Waals surface area (Å²) in [6.07, 6.45) is 1.07. The van der Waals surface area contributed by atoms with Crippen LogP contribution in [0.25, 0.3) is 11.0 Å². The number of anilines is 1. The van der Waals surface area contributed by atoms with Gasteiger partial charge in [0, 0.05) is 0 Å². The number of hydrogen-bond donors (Lipinski definition) is 1. The highest BCUT2D eigenvalue weighted by molar-refractivity contribution is 6.37. The first-order valence-electron chi connectivity index (χ1n) is 5.55. The molecule has 1 aromatic carbocycles. The second kappa shape index (κ2) is 5.43. The van der Waals surface area contributed by atoms with E-state index in [0.717, 1.165) is 13.4 Å². The topological polar surface area (TPSA) is 94.8 Å². The van der Waals surface area contributed by atoms with E-state index in [0.29, 0.717) is 11.3 Å². The molecule has 104 valence electrons. The molecule has 1 heterocycles. The molecule has 0 aliphatic carbocycles. The van der Waals surface area contributed by atoms with E-state index in [4.69, 9.17) is 9.15 Å². The largest absolute Gasteiger partial charge is 0.497 e. The summed E-state index contributed by atoms with van der Waals surface area (Å²) < 4.78 is 14.5. The zero-order valence-electron chi connectivity index (χ0n) is 10.8. The number of rotatable bonds is 2. The van der Waals surface area contributed by atoms with Gasteiger partial charge >= 0.3 is 11.9 Å². The molecule has 0 fully saturated rings. The molecule has 2 aromatic rings. The second-order valence-corrected chi connectivity index (χ2v) is 3.79. The number of carbonyl (C=O) groups is 2. The number of carbonyl (C=O) groups excluding carboxylic acids is 2. The van der Waals surface area contributed by atoms with Crippen LogP contribution in [-0.2, 0) is 14.3 Å². The Morgan fingerprint density at radius 1 is 1.25 bits per heavy atom. The number of fused-ring (bicyclic) bond motifs is 1. The van der Waals surface area contributed by atoms with Crippen LogP contribution in [0.1, 0.15) is 0 Å². The van der Waals surface area contributed by atoms with E-state index >= 15 is 0 Å². The van der Waals surface area contributed by atoms with Crippen molar-refractivity contribution < 1.29 is 23.5 Å². The molecular weight excluding hydrogens is 266 g/mol. The summed E-state index contributed by atoms with van der Waals surface area (Å²) in [6.45, 7) is 0. The molecule has 0 aliphatic heterocycles. The first-order valence-corrected chi connectivity index (χ1v) is 5.55. The monoisotopic (exact) mass is 277 g/mol. The normalized spacial score (nSPS) is 10.1. The van der Waals surface area contributed by atoms with Gasteiger partial charge in [-0.25, -0.2) is 4.79 Å². The minimum atomic E-state index is -1.10. The smallest absolute Gasteiger partial charge is 0.396 e. The molecule has 0 radical (unpaired) electrons. The Balaban J connectivity index is 2.46. The van der Waals surface area contributed by atoms with Crippen molar-refractivity contribution in [1.82, 2.24) is 0 Å². The zero-order chi connectivity index (χ0) is 14.7. The number of ether oxygens (including phenoxy) is 2. The molecule has 0 saturated heterocycles. The Labute approximate surface area is 113 Å². The maximum absolute atomic E-state index is 12.2. The Hall–Kier alpha value is -2.83. The minimum absolute atomic E-state index is 0.152. The number of esters is 1. The van der Waals surface area contributed by atoms with E-state index in [1.54, 1.807) is 12.1 Å². The Bertz CT molecular complexity index is 733. The second-order valence-electron chi connectivity index (χ2n) is 3.79. The Kier molecular flexibility index (Phi) is 3.69. The maximum Gasteiger partial charge on any atom is 0.396 e. The fourth-order valence-electron chi connectivity index (χ4n) is 1.59. The van der Waals surface area contributed by atoms with Gasteiger partial charge in [-0.15, -0.1) is 0 Å². The highest BCUT2D eigenvalue weighted by atomic mass is 16.5. The first kappa shape index (κ1) is 13.6. The molecule has 0 bridgehead atoms. The number of nitrogens with one attached hydrogen (secondary N) is 1. The molecule has 7 heteroatoms. The molecule has 0 aliphatic rings. The maximum atomic E-state index is 12.2. The van der Waals surface area contributed by atoms with Crippen LogP contribution >= 0.6 is 0 Å². The molecule has 20 heavy (non-hydrogen) atoms. The summed E-state index contributed by atoms with van der Waals surface area (Å²) >= 11 is 0. The van der Waals surface area contributed by atoms with Crippen molar-refractivity contribution in [1.29, 1.82) is 0 Å². The number of methoxy groups -OCH3 is 2. The van der Waals surface area contributed by atoms with Crippen molar-refractivity contribution in [2.24, 2.45) is 0 Å². The molecule has 1 aromatic heterocycles. The lowest BCUT2D eigenvalue weighted by Gasteiger charge is -2.05. The summed E-state index contributed by atoms with van der Waals surface area (Å²) in [5, 5.41) is 2.36. The molecule has 7 nitrogen and oxygen atoms in total. The molecule has 1 N–H and O–H groups in total. The minimum Gasteiger partial charge on any atom is -0.497 e. The lowest BCUT2D eigenvalue weighted by Crippen LogP contribution is -2.26. The van der Waals surface area contributed by atoms with Gasteiger partial charge in [0.1, 0.15) is 23.3 Å². The van der Waals surface area contributed by atoms with Gasteiger partial charge in [-0.05, 0) is 18.2 Å². The van der Waals surface area contributed by atoms with Gasteiger partial charge < -0.3 is 19.2 Å². The summed E-state index contributed by atoms with van der Waals surface area (Å²) in [7, 11) is 2.53. The predicted molar refractivity (Wildman–Crippen MR) is 69.7 cm³/mol. The molecular formula is C13H11NO6. The van der Waals surface area contributed by atoms with Crippen LogP contribution in [0.3, 0.4) is 0 Å². The highest BCUT2D eigenvalue weighted by Gasteiger charge is 2.17. The fourth-order valence-corrected chi connectivity index (χ4v) is 1.59. The molecule has 2 rings (SSSR count). The molecule has 0 spiro atoms. The lowest BCUT2D eigenvalue weighted by molar-refractivity contribution is -0.150. The third-order valence-electron chi connectivity index (χ3n) is 2.60. The van der Waals surface area contributed by atoms with Gasteiger partial charge in [-0.1, -0.05) is 0 Å². The average molecular weight is 277 g/mol. The van der Waals surface area contributed by atoms with E-state index in [2.05, 4.69) is 10.1 Å². The molecule has 0 saturated carbocycles. The van der Waals surface area contributed by atoms with Crippen molar-refractivity contribution in [2.45, 2.75) is 0 Å². The van der Waals surface area contributed by atoms with Crippen LogP contribution in [0.5, 0.6) is 5.75 Å². The first-order chi connectivity index (χ1) is 9.56. The Morgan fingerprint density at radius 2 is 2.00 bits per heavy atom. The highest BCUT2D eigenvalue weighted by Crippen LogP contribution is 2.19. The van der Waals surface area contributed by atoms with Gasteiger partial charge in [0.2, 0.25) is 5.43 Å². The third kappa shape index (κ3) is 2.46. The number of amides is 1. The van der Waals surface area contributed by atoms with Gasteiger partial charge in [0.15, 0.2) is 0 Å². The molecule has 0 unspecified atom stereocenters.